The first-order chi connectivity index (χ1) is 9.06. The van der Waals surface area contributed by atoms with Crippen LogP contribution in [0.4, 0.5) is 0 Å². The highest BCUT2D eigenvalue weighted by atomic mass is 35.5. The fourth-order valence-corrected chi connectivity index (χ4v) is 1.63. The lowest BCUT2D eigenvalue weighted by Gasteiger charge is -2.06. The van der Waals surface area contributed by atoms with E-state index in [4.69, 9.17) is 16.3 Å². The summed E-state index contributed by atoms with van der Waals surface area (Å²) in [6.45, 7) is 3.66. The summed E-state index contributed by atoms with van der Waals surface area (Å²) in [6, 6.07) is 7.02. The molecule has 0 saturated heterocycles. The van der Waals surface area contributed by atoms with Crippen LogP contribution >= 0.6 is 11.6 Å². The summed E-state index contributed by atoms with van der Waals surface area (Å²) < 4.78 is 5.05. The molecule has 0 atom stereocenters. The topological polar surface area (TPSA) is 43.4 Å². The van der Waals surface area contributed by atoms with E-state index >= 15 is 0 Å². The van der Waals surface area contributed by atoms with Crippen molar-refractivity contribution in [1.29, 1.82) is 0 Å². The molecule has 1 aromatic rings. The number of unbranched alkanes of at least 4 members (excludes halogenated alkanes) is 1. The van der Waals surface area contributed by atoms with Crippen LogP contribution in [0.1, 0.15) is 32.3 Å². The van der Waals surface area contributed by atoms with Crippen LogP contribution < -0.4 is 0 Å². The van der Waals surface area contributed by atoms with Crippen molar-refractivity contribution < 1.29 is 14.3 Å². The molecule has 0 aliphatic heterocycles. The third-order valence-electron chi connectivity index (χ3n) is 2.54. The number of esters is 1. The zero-order valence-electron chi connectivity index (χ0n) is 11.1. The largest absolute Gasteiger partial charge is 0.462 e. The molecule has 0 aliphatic rings. The number of ketones is 1. The van der Waals surface area contributed by atoms with Gasteiger partial charge in [-0.3, -0.25) is 4.79 Å². The molecule has 3 nitrogen and oxygen atoms in total. The zero-order valence-corrected chi connectivity index (χ0v) is 11.9. The molecular formula is C15H17ClO3. The lowest BCUT2D eigenvalue weighted by atomic mass is 10.1. The van der Waals surface area contributed by atoms with E-state index in [0.717, 1.165) is 12.8 Å². The van der Waals surface area contributed by atoms with Crippen LogP contribution in [0, 0.1) is 0 Å². The van der Waals surface area contributed by atoms with Gasteiger partial charge in [-0.05, 0) is 31.1 Å². The van der Waals surface area contributed by atoms with Gasteiger partial charge in [0.1, 0.15) is 5.57 Å². The van der Waals surface area contributed by atoms with Gasteiger partial charge in [0.2, 0.25) is 0 Å². The van der Waals surface area contributed by atoms with Gasteiger partial charge in [-0.2, -0.15) is 0 Å². The quantitative estimate of drug-likeness (QED) is 0.263. The molecule has 0 saturated carbocycles. The maximum atomic E-state index is 11.8. The van der Waals surface area contributed by atoms with Crippen molar-refractivity contribution in [3.63, 3.8) is 0 Å². The minimum atomic E-state index is -0.596. The van der Waals surface area contributed by atoms with E-state index in [1.54, 1.807) is 24.3 Å². The SMILES string of the molecule is CCCCOC(=O)C(=Cc1ccccc1Cl)C(C)=O. The van der Waals surface area contributed by atoms with Crippen LogP contribution in [-0.2, 0) is 14.3 Å². The third-order valence-corrected chi connectivity index (χ3v) is 2.88. The van der Waals surface area contributed by atoms with Gasteiger partial charge in [-0.15, -0.1) is 0 Å². The van der Waals surface area contributed by atoms with Crippen LogP contribution in [0.25, 0.3) is 6.08 Å². The molecule has 19 heavy (non-hydrogen) atoms. The van der Waals surface area contributed by atoms with E-state index in [0.29, 0.717) is 17.2 Å². The molecule has 0 aliphatic carbocycles. The normalized spacial score (nSPS) is 11.2. The molecule has 0 unspecified atom stereocenters. The minimum Gasteiger partial charge on any atom is -0.462 e. The predicted molar refractivity (Wildman–Crippen MR) is 76.0 cm³/mol. The van der Waals surface area contributed by atoms with Crippen molar-refractivity contribution in [2.75, 3.05) is 6.61 Å². The highest BCUT2D eigenvalue weighted by Gasteiger charge is 2.16. The standard InChI is InChI=1S/C15H17ClO3/c1-3-4-9-19-15(18)13(11(2)17)10-12-7-5-6-8-14(12)16/h5-8,10H,3-4,9H2,1-2H3. The average Bonchev–Trinajstić information content (AvgIpc) is 2.37. The van der Waals surface area contributed by atoms with Crippen molar-refractivity contribution in [1.82, 2.24) is 0 Å². The van der Waals surface area contributed by atoms with Crippen molar-refractivity contribution in [2.45, 2.75) is 26.7 Å². The highest BCUT2D eigenvalue weighted by molar-refractivity contribution is 6.32. The summed E-state index contributed by atoms with van der Waals surface area (Å²) in [5, 5.41) is 0.489. The zero-order chi connectivity index (χ0) is 14.3. The Labute approximate surface area is 118 Å². The van der Waals surface area contributed by atoms with Crippen LogP contribution in [0.5, 0.6) is 0 Å². The predicted octanol–water partition coefficient (Wildman–Crippen LogP) is 3.66. The van der Waals surface area contributed by atoms with Gasteiger partial charge >= 0.3 is 5.97 Å². The summed E-state index contributed by atoms with van der Waals surface area (Å²) in [5.41, 5.74) is 0.644. The Balaban J connectivity index is 2.92. The smallest absolute Gasteiger partial charge is 0.341 e. The minimum absolute atomic E-state index is 0.0178. The molecular weight excluding hydrogens is 264 g/mol. The Bertz CT molecular complexity index is 492. The Morgan fingerprint density at radius 1 is 1.32 bits per heavy atom. The molecule has 0 heterocycles. The summed E-state index contributed by atoms with van der Waals surface area (Å²) >= 11 is 6.00. The van der Waals surface area contributed by atoms with E-state index in [2.05, 4.69) is 0 Å². The summed E-state index contributed by atoms with van der Waals surface area (Å²) in [7, 11) is 0. The summed E-state index contributed by atoms with van der Waals surface area (Å²) in [4.78, 5) is 23.3. The van der Waals surface area contributed by atoms with E-state index < -0.39 is 5.97 Å². The average molecular weight is 281 g/mol. The Kier molecular flexibility index (Phi) is 6.30. The number of Topliss-reactive ketones (excluding diaryl/α,β-unsaturated/α-hetero) is 1. The fourth-order valence-electron chi connectivity index (χ4n) is 1.44. The van der Waals surface area contributed by atoms with Crippen molar-refractivity contribution in [3.05, 3.63) is 40.4 Å². The number of hydrogen-bond donors (Lipinski definition) is 0. The number of rotatable bonds is 6. The van der Waals surface area contributed by atoms with Crippen LogP contribution in [0.2, 0.25) is 5.02 Å². The third kappa shape index (κ3) is 4.87. The van der Waals surface area contributed by atoms with E-state index in [-0.39, 0.29) is 11.4 Å². The van der Waals surface area contributed by atoms with Crippen LogP contribution in [0.15, 0.2) is 29.8 Å². The van der Waals surface area contributed by atoms with Gasteiger partial charge < -0.3 is 4.74 Å². The van der Waals surface area contributed by atoms with Gasteiger partial charge in [0.05, 0.1) is 6.61 Å². The molecule has 0 fully saturated rings. The molecule has 0 N–H and O–H groups in total. The molecule has 0 spiro atoms. The second kappa shape index (κ2) is 7.74. The maximum Gasteiger partial charge on any atom is 0.341 e. The number of benzene rings is 1. The van der Waals surface area contributed by atoms with Crippen molar-refractivity contribution >= 4 is 29.4 Å². The first kappa shape index (κ1) is 15.4. The Morgan fingerprint density at radius 2 is 2.00 bits per heavy atom. The van der Waals surface area contributed by atoms with Crippen LogP contribution in [0.3, 0.4) is 0 Å². The monoisotopic (exact) mass is 280 g/mol. The van der Waals surface area contributed by atoms with Gasteiger partial charge in [0.25, 0.3) is 0 Å². The molecule has 102 valence electrons. The number of hydrogen-bond acceptors (Lipinski definition) is 3. The summed E-state index contributed by atoms with van der Waals surface area (Å²) in [5.74, 6) is -0.928. The first-order valence-corrected chi connectivity index (χ1v) is 6.58. The van der Waals surface area contributed by atoms with E-state index in [1.165, 1.54) is 13.0 Å². The molecule has 0 amide bonds. The highest BCUT2D eigenvalue weighted by Crippen LogP contribution is 2.19. The number of halogens is 1. The Hall–Kier alpha value is -1.61. The summed E-state index contributed by atoms with van der Waals surface area (Å²) in [6.07, 6.45) is 3.18. The fraction of sp³-hybridized carbons (Fsp3) is 0.333. The molecule has 0 radical (unpaired) electrons. The number of carbonyl (C=O) groups excluding carboxylic acids is 2. The second-order valence-corrected chi connectivity index (χ2v) is 4.53. The van der Waals surface area contributed by atoms with Gasteiger partial charge in [-0.25, -0.2) is 4.79 Å². The van der Waals surface area contributed by atoms with Crippen LogP contribution in [-0.4, -0.2) is 18.4 Å². The molecule has 4 heteroatoms. The second-order valence-electron chi connectivity index (χ2n) is 4.13. The van der Waals surface area contributed by atoms with Crippen molar-refractivity contribution in [2.24, 2.45) is 0 Å². The van der Waals surface area contributed by atoms with Gasteiger partial charge in [0.15, 0.2) is 5.78 Å². The number of carbonyl (C=O) groups is 2. The van der Waals surface area contributed by atoms with Gasteiger partial charge in [0, 0.05) is 5.02 Å². The lowest BCUT2D eigenvalue weighted by molar-refractivity contribution is -0.140. The van der Waals surface area contributed by atoms with Gasteiger partial charge in [-0.1, -0.05) is 43.1 Å². The Morgan fingerprint density at radius 3 is 2.58 bits per heavy atom. The molecule has 0 aromatic heterocycles. The first-order valence-electron chi connectivity index (χ1n) is 6.20. The number of ether oxygens (including phenoxy) is 1. The molecule has 0 bridgehead atoms. The maximum absolute atomic E-state index is 11.8. The van der Waals surface area contributed by atoms with E-state index in [9.17, 15) is 9.59 Å². The molecule has 1 aromatic carbocycles. The van der Waals surface area contributed by atoms with Crippen molar-refractivity contribution in [3.8, 4) is 0 Å². The lowest BCUT2D eigenvalue weighted by Crippen LogP contribution is -2.14. The van der Waals surface area contributed by atoms with E-state index in [1.807, 2.05) is 6.92 Å². The molecule has 1 rings (SSSR count).